The molecule has 1 saturated heterocycles. The van der Waals surface area contributed by atoms with Crippen LogP contribution in [-0.2, 0) is 17.8 Å². The molecule has 29 heavy (non-hydrogen) atoms. The molecule has 0 spiro atoms. The summed E-state index contributed by atoms with van der Waals surface area (Å²) in [6.07, 6.45) is 0.393. The molecular weight excluding hydrogens is 368 g/mol. The van der Waals surface area contributed by atoms with Crippen molar-refractivity contribution < 1.29 is 19.0 Å². The molecule has 0 aliphatic carbocycles. The van der Waals surface area contributed by atoms with Gasteiger partial charge in [0.2, 0.25) is 5.91 Å². The van der Waals surface area contributed by atoms with Gasteiger partial charge in [0.05, 0.1) is 13.0 Å². The highest BCUT2D eigenvalue weighted by Gasteiger charge is 2.22. The van der Waals surface area contributed by atoms with Crippen LogP contribution in [0, 0.1) is 0 Å². The average Bonchev–Trinajstić information content (AvgIpc) is 2.76. The number of piperazine rings is 1. The van der Waals surface area contributed by atoms with Crippen molar-refractivity contribution in [3.8, 4) is 17.2 Å². The van der Waals surface area contributed by atoms with E-state index in [0.29, 0.717) is 26.2 Å². The van der Waals surface area contributed by atoms with E-state index in [1.807, 2.05) is 48.2 Å². The lowest BCUT2D eigenvalue weighted by molar-refractivity contribution is -0.132. The Bertz CT molecular complexity index is 847. The van der Waals surface area contributed by atoms with Crippen LogP contribution in [0.5, 0.6) is 17.2 Å². The van der Waals surface area contributed by atoms with E-state index in [-0.39, 0.29) is 5.91 Å². The Kier molecular flexibility index (Phi) is 6.20. The summed E-state index contributed by atoms with van der Waals surface area (Å²) in [7, 11) is 0. The lowest BCUT2D eigenvalue weighted by atomic mass is 10.1. The highest BCUT2D eigenvalue weighted by atomic mass is 16.6. The van der Waals surface area contributed by atoms with Crippen molar-refractivity contribution in [3.63, 3.8) is 0 Å². The summed E-state index contributed by atoms with van der Waals surface area (Å²) in [5, 5.41) is 0. The molecule has 2 aliphatic heterocycles. The molecular formula is C23H28N2O4. The first-order chi connectivity index (χ1) is 14.2. The quantitative estimate of drug-likeness (QED) is 0.752. The fraction of sp³-hybridized carbons (Fsp3) is 0.435. The molecule has 0 bridgehead atoms. The van der Waals surface area contributed by atoms with Crippen LogP contribution in [0.3, 0.4) is 0 Å². The maximum Gasteiger partial charge on any atom is 0.227 e. The van der Waals surface area contributed by atoms with Gasteiger partial charge in [-0.2, -0.15) is 0 Å². The monoisotopic (exact) mass is 396 g/mol. The smallest absolute Gasteiger partial charge is 0.227 e. The van der Waals surface area contributed by atoms with Crippen molar-refractivity contribution in [2.24, 2.45) is 0 Å². The third-order valence-electron chi connectivity index (χ3n) is 5.35. The molecule has 1 amide bonds. The predicted octanol–water partition coefficient (Wildman–Crippen LogP) is 2.74. The second-order valence-electron chi connectivity index (χ2n) is 7.35. The zero-order valence-corrected chi connectivity index (χ0v) is 16.9. The van der Waals surface area contributed by atoms with Crippen molar-refractivity contribution in [2.45, 2.75) is 19.9 Å². The van der Waals surface area contributed by atoms with Crippen LogP contribution in [0.4, 0.5) is 0 Å². The van der Waals surface area contributed by atoms with E-state index in [2.05, 4.69) is 11.0 Å². The number of rotatable bonds is 6. The second-order valence-corrected chi connectivity index (χ2v) is 7.35. The van der Waals surface area contributed by atoms with Crippen molar-refractivity contribution in [1.82, 2.24) is 9.80 Å². The van der Waals surface area contributed by atoms with Crippen molar-refractivity contribution in [1.29, 1.82) is 0 Å². The molecule has 6 nitrogen and oxygen atoms in total. The van der Waals surface area contributed by atoms with Crippen molar-refractivity contribution in [2.75, 3.05) is 46.0 Å². The molecule has 2 aromatic carbocycles. The van der Waals surface area contributed by atoms with E-state index >= 15 is 0 Å². The minimum atomic E-state index is 0.163. The van der Waals surface area contributed by atoms with Crippen LogP contribution in [0.2, 0.25) is 0 Å². The van der Waals surface area contributed by atoms with Crippen LogP contribution >= 0.6 is 0 Å². The lowest BCUT2D eigenvalue weighted by Gasteiger charge is -2.35. The molecule has 0 unspecified atom stereocenters. The topological polar surface area (TPSA) is 51.2 Å². The normalized spacial score (nSPS) is 16.5. The van der Waals surface area contributed by atoms with Crippen LogP contribution in [0.15, 0.2) is 42.5 Å². The number of nitrogens with zero attached hydrogens (tertiary/aromatic N) is 2. The number of amides is 1. The van der Waals surface area contributed by atoms with Crippen LogP contribution in [-0.4, -0.2) is 61.7 Å². The van der Waals surface area contributed by atoms with E-state index in [0.717, 1.165) is 55.5 Å². The van der Waals surface area contributed by atoms with E-state index in [1.165, 1.54) is 5.56 Å². The number of carbonyl (C=O) groups is 1. The Morgan fingerprint density at radius 2 is 1.76 bits per heavy atom. The Balaban J connectivity index is 1.30. The fourth-order valence-electron chi connectivity index (χ4n) is 3.81. The Labute approximate surface area is 172 Å². The van der Waals surface area contributed by atoms with E-state index < -0.39 is 0 Å². The van der Waals surface area contributed by atoms with Gasteiger partial charge in [-0.05, 0) is 30.7 Å². The first kappa shape index (κ1) is 19.6. The standard InChI is InChI=1S/C23H28N2O4/c1-2-27-20-6-4-3-5-19(20)17-24-9-11-25(12-10-24)23(26)16-18-7-8-21-22(15-18)29-14-13-28-21/h3-8,15H,2,9-14,16-17H2,1H3. The number of fused-ring (bicyclic) bond motifs is 1. The maximum atomic E-state index is 12.8. The molecule has 1 fully saturated rings. The summed E-state index contributed by atoms with van der Waals surface area (Å²) in [5.74, 6) is 2.61. The first-order valence-corrected chi connectivity index (χ1v) is 10.3. The fourth-order valence-corrected chi connectivity index (χ4v) is 3.81. The Morgan fingerprint density at radius 3 is 2.55 bits per heavy atom. The third-order valence-corrected chi connectivity index (χ3v) is 5.35. The molecule has 2 heterocycles. The number of hydrogen-bond donors (Lipinski definition) is 0. The second kappa shape index (κ2) is 9.18. The SMILES string of the molecule is CCOc1ccccc1CN1CCN(C(=O)Cc2ccc3c(c2)OCCO3)CC1. The number of hydrogen-bond acceptors (Lipinski definition) is 5. The number of benzene rings is 2. The van der Waals surface area contributed by atoms with Gasteiger partial charge in [0.1, 0.15) is 19.0 Å². The van der Waals surface area contributed by atoms with E-state index in [9.17, 15) is 4.79 Å². The van der Waals surface area contributed by atoms with Gasteiger partial charge in [0.15, 0.2) is 11.5 Å². The summed E-state index contributed by atoms with van der Waals surface area (Å²) in [6.45, 7) is 7.88. The lowest BCUT2D eigenvalue weighted by Crippen LogP contribution is -2.48. The minimum absolute atomic E-state index is 0.163. The molecule has 0 atom stereocenters. The van der Waals surface area contributed by atoms with Gasteiger partial charge in [-0.25, -0.2) is 0 Å². The van der Waals surface area contributed by atoms with Gasteiger partial charge in [-0.1, -0.05) is 24.3 Å². The largest absolute Gasteiger partial charge is 0.494 e. The molecule has 0 radical (unpaired) electrons. The average molecular weight is 396 g/mol. The zero-order chi connectivity index (χ0) is 20.1. The van der Waals surface area contributed by atoms with Crippen LogP contribution < -0.4 is 14.2 Å². The van der Waals surface area contributed by atoms with E-state index in [1.54, 1.807) is 0 Å². The van der Waals surface area contributed by atoms with Crippen molar-refractivity contribution in [3.05, 3.63) is 53.6 Å². The van der Waals surface area contributed by atoms with Gasteiger partial charge >= 0.3 is 0 Å². The van der Waals surface area contributed by atoms with Gasteiger partial charge in [-0.3, -0.25) is 9.69 Å². The summed E-state index contributed by atoms with van der Waals surface area (Å²) < 4.78 is 16.9. The minimum Gasteiger partial charge on any atom is -0.494 e. The molecule has 2 aromatic rings. The van der Waals surface area contributed by atoms with Gasteiger partial charge in [0.25, 0.3) is 0 Å². The van der Waals surface area contributed by atoms with Crippen LogP contribution in [0.1, 0.15) is 18.1 Å². The van der Waals surface area contributed by atoms with Gasteiger partial charge < -0.3 is 19.1 Å². The first-order valence-electron chi connectivity index (χ1n) is 10.3. The zero-order valence-electron chi connectivity index (χ0n) is 16.9. The molecule has 2 aliphatic rings. The molecule has 154 valence electrons. The molecule has 0 saturated carbocycles. The number of carbonyl (C=O) groups excluding carboxylic acids is 1. The maximum absolute atomic E-state index is 12.8. The van der Waals surface area contributed by atoms with Gasteiger partial charge in [0, 0.05) is 38.3 Å². The molecule has 0 aromatic heterocycles. The Morgan fingerprint density at radius 1 is 1.00 bits per heavy atom. The molecule has 0 N–H and O–H groups in total. The third kappa shape index (κ3) is 4.82. The summed E-state index contributed by atoms with van der Waals surface area (Å²) in [6, 6.07) is 14.0. The summed E-state index contributed by atoms with van der Waals surface area (Å²) in [4.78, 5) is 17.1. The highest BCUT2D eigenvalue weighted by Crippen LogP contribution is 2.31. The summed E-state index contributed by atoms with van der Waals surface area (Å²) in [5.41, 5.74) is 2.16. The highest BCUT2D eigenvalue weighted by molar-refractivity contribution is 5.79. The number of para-hydroxylation sites is 1. The van der Waals surface area contributed by atoms with E-state index in [4.69, 9.17) is 14.2 Å². The molecule has 6 heteroatoms. The van der Waals surface area contributed by atoms with Crippen molar-refractivity contribution >= 4 is 5.91 Å². The Hall–Kier alpha value is -2.73. The predicted molar refractivity (Wildman–Crippen MR) is 111 cm³/mol. The molecule has 4 rings (SSSR count). The summed E-state index contributed by atoms with van der Waals surface area (Å²) >= 11 is 0. The number of ether oxygens (including phenoxy) is 3. The van der Waals surface area contributed by atoms with Gasteiger partial charge in [-0.15, -0.1) is 0 Å². The van der Waals surface area contributed by atoms with Crippen LogP contribution in [0.25, 0.3) is 0 Å².